The molecule has 4 rings (SSSR count). The van der Waals surface area contributed by atoms with Crippen LogP contribution in [0.1, 0.15) is 31.4 Å². The summed E-state index contributed by atoms with van der Waals surface area (Å²) in [5.41, 5.74) is 2.17. The van der Waals surface area contributed by atoms with Crippen LogP contribution in [-0.2, 0) is 9.53 Å². The number of hydrogen-bond donors (Lipinski definition) is 2. The van der Waals surface area contributed by atoms with Gasteiger partial charge in [-0.1, -0.05) is 12.1 Å². The van der Waals surface area contributed by atoms with Crippen molar-refractivity contribution in [2.24, 2.45) is 0 Å². The van der Waals surface area contributed by atoms with E-state index in [1.165, 1.54) is 0 Å². The Morgan fingerprint density at radius 2 is 2.08 bits per heavy atom. The minimum atomic E-state index is -0.448. The van der Waals surface area contributed by atoms with Crippen molar-refractivity contribution >= 4 is 11.9 Å². The zero-order chi connectivity index (χ0) is 18.1. The van der Waals surface area contributed by atoms with E-state index in [0.717, 1.165) is 30.8 Å². The van der Waals surface area contributed by atoms with E-state index in [4.69, 9.17) is 9.47 Å². The van der Waals surface area contributed by atoms with Crippen LogP contribution in [0, 0.1) is 0 Å². The number of rotatable bonds is 5. The molecular formula is C19H23N3O4. The Morgan fingerprint density at radius 1 is 1.27 bits per heavy atom. The summed E-state index contributed by atoms with van der Waals surface area (Å²) in [6.07, 6.45) is 2.10. The summed E-state index contributed by atoms with van der Waals surface area (Å²) in [7, 11) is 0. The number of carbonyl (C=O) groups is 2. The Labute approximate surface area is 152 Å². The number of nitrogens with zero attached hydrogens (tertiary/aromatic N) is 1. The molecule has 0 aromatic heterocycles. The third-order valence-corrected chi connectivity index (χ3v) is 4.99. The van der Waals surface area contributed by atoms with E-state index in [9.17, 15) is 9.59 Å². The van der Waals surface area contributed by atoms with Gasteiger partial charge in [0, 0.05) is 13.2 Å². The van der Waals surface area contributed by atoms with E-state index in [1.54, 1.807) is 4.90 Å². The van der Waals surface area contributed by atoms with Gasteiger partial charge < -0.3 is 25.0 Å². The van der Waals surface area contributed by atoms with Gasteiger partial charge in [-0.3, -0.25) is 4.79 Å². The Kier molecular flexibility index (Phi) is 4.55. The van der Waals surface area contributed by atoms with Gasteiger partial charge in [0.15, 0.2) is 0 Å². The van der Waals surface area contributed by atoms with Gasteiger partial charge in [-0.2, -0.15) is 0 Å². The van der Waals surface area contributed by atoms with Crippen LogP contribution in [0.4, 0.5) is 4.79 Å². The lowest BCUT2D eigenvalue weighted by Gasteiger charge is -2.25. The SMILES string of the molecule is CCOc1ccc([C@H]2NC(=O)NC3=C2C(=O)N(C[C@H]2CCCO2)C3)cc1. The summed E-state index contributed by atoms with van der Waals surface area (Å²) in [5, 5.41) is 5.67. The molecule has 0 bridgehead atoms. The number of urea groups is 1. The molecule has 138 valence electrons. The Bertz CT molecular complexity index is 738. The molecule has 0 radical (unpaired) electrons. The maximum Gasteiger partial charge on any atom is 0.319 e. The summed E-state index contributed by atoms with van der Waals surface area (Å²) in [4.78, 5) is 26.8. The molecule has 0 saturated carbocycles. The van der Waals surface area contributed by atoms with Gasteiger partial charge in [0.25, 0.3) is 5.91 Å². The van der Waals surface area contributed by atoms with Crippen molar-refractivity contribution in [2.45, 2.75) is 31.9 Å². The van der Waals surface area contributed by atoms with Crippen LogP contribution >= 0.6 is 0 Å². The highest BCUT2D eigenvalue weighted by atomic mass is 16.5. The molecule has 1 fully saturated rings. The topological polar surface area (TPSA) is 79.9 Å². The predicted molar refractivity (Wildman–Crippen MR) is 94.6 cm³/mol. The fourth-order valence-electron chi connectivity index (χ4n) is 3.78. The Balaban J connectivity index is 1.56. The van der Waals surface area contributed by atoms with E-state index in [0.29, 0.717) is 31.0 Å². The molecule has 1 aromatic rings. The number of hydrogen-bond acceptors (Lipinski definition) is 4. The minimum Gasteiger partial charge on any atom is -0.494 e. The molecule has 1 aromatic carbocycles. The van der Waals surface area contributed by atoms with Crippen LogP contribution in [-0.4, -0.2) is 49.2 Å². The first-order valence-corrected chi connectivity index (χ1v) is 9.10. The summed E-state index contributed by atoms with van der Waals surface area (Å²) in [5.74, 6) is 0.727. The van der Waals surface area contributed by atoms with Crippen LogP contribution in [0.5, 0.6) is 5.75 Å². The first kappa shape index (κ1) is 16.9. The van der Waals surface area contributed by atoms with E-state index >= 15 is 0 Å². The van der Waals surface area contributed by atoms with Gasteiger partial charge in [-0.25, -0.2) is 4.79 Å². The normalized spacial score (nSPS) is 25.2. The second-order valence-electron chi connectivity index (χ2n) is 6.75. The number of nitrogens with one attached hydrogen (secondary N) is 2. The second-order valence-corrected chi connectivity index (χ2v) is 6.75. The summed E-state index contributed by atoms with van der Waals surface area (Å²) in [6, 6.07) is 6.77. The first-order valence-electron chi connectivity index (χ1n) is 9.10. The smallest absolute Gasteiger partial charge is 0.319 e. The van der Waals surface area contributed by atoms with Gasteiger partial charge in [0.2, 0.25) is 0 Å². The maximum atomic E-state index is 13.0. The van der Waals surface area contributed by atoms with Crippen molar-refractivity contribution < 1.29 is 19.1 Å². The fraction of sp³-hybridized carbons (Fsp3) is 0.474. The van der Waals surface area contributed by atoms with E-state index in [-0.39, 0.29) is 18.0 Å². The molecule has 0 aliphatic carbocycles. The first-order chi connectivity index (χ1) is 12.7. The third kappa shape index (κ3) is 3.14. The lowest BCUT2D eigenvalue weighted by Crippen LogP contribution is -2.44. The van der Waals surface area contributed by atoms with Gasteiger partial charge in [0.05, 0.1) is 36.6 Å². The molecule has 7 nitrogen and oxygen atoms in total. The van der Waals surface area contributed by atoms with Gasteiger partial charge in [-0.05, 0) is 37.5 Å². The van der Waals surface area contributed by atoms with Crippen LogP contribution in [0.15, 0.2) is 35.5 Å². The number of amides is 3. The fourth-order valence-corrected chi connectivity index (χ4v) is 3.78. The van der Waals surface area contributed by atoms with Gasteiger partial charge in [-0.15, -0.1) is 0 Å². The zero-order valence-electron chi connectivity index (χ0n) is 14.8. The van der Waals surface area contributed by atoms with Gasteiger partial charge >= 0.3 is 6.03 Å². The number of benzene rings is 1. The summed E-state index contributed by atoms with van der Waals surface area (Å²) < 4.78 is 11.1. The molecule has 0 spiro atoms. The summed E-state index contributed by atoms with van der Waals surface area (Å²) in [6.45, 7) is 4.27. The van der Waals surface area contributed by atoms with Crippen LogP contribution in [0.25, 0.3) is 0 Å². The van der Waals surface area contributed by atoms with Crippen molar-refractivity contribution in [3.63, 3.8) is 0 Å². The molecular weight excluding hydrogens is 334 g/mol. The van der Waals surface area contributed by atoms with Crippen LogP contribution < -0.4 is 15.4 Å². The Hall–Kier alpha value is -2.54. The van der Waals surface area contributed by atoms with E-state index < -0.39 is 6.04 Å². The molecule has 7 heteroatoms. The van der Waals surface area contributed by atoms with E-state index in [1.807, 2.05) is 31.2 Å². The minimum absolute atomic E-state index is 0.0399. The highest BCUT2D eigenvalue weighted by molar-refractivity contribution is 6.01. The zero-order valence-corrected chi connectivity index (χ0v) is 14.8. The maximum absolute atomic E-state index is 13.0. The quantitative estimate of drug-likeness (QED) is 0.841. The van der Waals surface area contributed by atoms with Crippen molar-refractivity contribution in [2.75, 3.05) is 26.3 Å². The third-order valence-electron chi connectivity index (χ3n) is 4.99. The predicted octanol–water partition coefficient (Wildman–Crippen LogP) is 1.71. The molecule has 26 heavy (non-hydrogen) atoms. The van der Waals surface area contributed by atoms with Gasteiger partial charge in [0.1, 0.15) is 5.75 Å². The van der Waals surface area contributed by atoms with Crippen LogP contribution in [0.3, 0.4) is 0 Å². The molecule has 2 N–H and O–H groups in total. The van der Waals surface area contributed by atoms with Crippen molar-refractivity contribution in [3.05, 3.63) is 41.1 Å². The molecule has 3 heterocycles. The van der Waals surface area contributed by atoms with Crippen LogP contribution in [0.2, 0.25) is 0 Å². The van der Waals surface area contributed by atoms with Crippen molar-refractivity contribution in [1.29, 1.82) is 0 Å². The molecule has 0 unspecified atom stereocenters. The molecule has 3 aliphatic rings. The van der Waals surface area contributed by atoms with Crippen molar-refractivity contribution in [1.82, 2.24) is 15.5 Å². The lowest BCUT2D eigenvalue weighted by atomic mass is 9.96. The molecule has 3 amide bonds. The van der Waals surface area contributed by atoms with E-state index in [2.05, 4.69) is 10.6 Å². The number of carbonyl (C=O) groups excluding carboxylic acids is 2. The molecule has 1 saturated heterocycles. The Morgan fingerprint density at radius 3 is 2.77 bits per heavy atom. The second kappa shape index (κ2) is 6.99. The monoisotopic (exact) mass is 357 g/mol. The van der Waals surface area contributed by atoms with Crippen molar-refractivity contribution in [3.8, 4) is 5.75 Å². The summed E-state index contributed by atoms with van der Waals surface area (Å²) >= 11 is 0. The number of ether oxygens (including phenoxy) is 2. The molecule has 2 atom stereocenters. The highest BCUT2D eigenvalue weighted by Gasteiger charge is 2.41. The molecule has 3 aliphatic heterocycles. The standard InChI is InChI=1S/C19H23N3O4/c1-2-25-13-7-5-12(6-8-13)17-16-15(20-19(24)21-17)11-22(18(16)23)10-14-4-3-9-26-14/h5-8,14,17H,2-4,9-11H2,1H3,(H2,20,21,24)/t14-,17-/m1/s1. The largest absolute Gasteiger partial charge is 0.494 e. The highest BCUT2D eigenvalue weighted by Crippen LogP contribution is 2.33. The average molecular weight is 357 g/mol. The average Bonchev–Trinajstić information content (AvgIpc) is 3.24. The lowest BCUT2D eigenvalue weighted by molar-refractivity contribution is -0.127.